The quantitative estimate of drug-likeness (QED) is 0.329. The van der Waals surface area contributed by atoms with E-state index in [0.29, 0.717) is 0 Å². The van der Waals surface area contributed by atoms with Gasteiger partial charge in [-0.15, -0.1) is 0 Å². The van der Waals surface area contributed by atoms with Crippen LogP contribution >= 0.6 is 0 Å². The predicted molar refractivity (Wildman–Crippen MR) is 55.4 cm³/mol. The smallest absolute Gasteiger partial charge is 0.162 e. The van der Waals surface area contributed by atoms with Crippen LogP contribution in [-0.4, -0.2) is 18.2 Å². The van der Waals surface area contributed by atoms with Crippen molar-refractivity contribution in [3.05, 3.63) is 35.9 Å². The summed E-state index contributed by atoms with van der Waals surface area (Å²) in [4.78, 5) is 0. The number of oxime groups is 1. The van der Waals surface area contributed by atoms with E-state index in [9.17, 15) is 0 Å². The van der Waals surface area contributed by atoms with Gasteiger partial charge in [0.05, 0.1) is 7.11 Å². The second kappa shape index (κ2) is 4.91. The van der Waals surface area contributed by atoms with Crippen molar-refractivity contribution in [2.75, 3.05) is 7.11 Å². The van der Waals surface area contributed by atoms with Crippen LogP contribution in [0.1, 0.15) is 5.56 Å². The van der Waals surface area contributed by atoms with Crippen molar-refractivity contribution in [2.24, 2.45) is 10.9 Å². The summed E-state index contributed by atoms with van der Waals surface area (Å²) >= 11 is 0. The maximum atomic E-state index is 8.29. The summed E-state index contributed by atoms with van der Waals surface area (Å²) in [6, 6.07) is 7.43. The molecule has 0 bridgehead atoms. The molecule has 0 radical (unpaired) electrons. The molecular formula is C10H12N2O2. The molecule has 0 saturated heterocycles. The molecule has 74 valence electrons. The van der Waals surface area contributed by atoms with Crippen molar-refractivity contribution in [1.29, 1.82) is 0 Å². The van der Waals surface area contributed by atoms with Crippen LogP contribution in [0.4, 0.5) is 0 Å². The molecule has 0 atom stereocenters. The Hall–Kier alpha value is -1.97. The maximum absolute atomic E-state index is 8.29. The summed E-state index contributed by atoms with van der Waals surface area (Å²) in [6.45, 7) is 0. The Balaban J connectivity index is 2.73. The second-order valence-corrected chi connectivity index (χ2v) is 2.63. The van der Waals surface area contributed by atoms with Crippen LogP contribution in [-0.2, 0) is 0 Å². The third-order valence-electron chi connectivity index (χ3n) is 1.68. The van der Waals surface area contributed by atoms with Gasteiger partial charge in [0.2, 0.25) is 0 Å². The van der Waals surface area contributed by atoms with E-state index in [0.717, 1.165) is 11.3 Å². The Labute approximate surface area is 82.3 Å². The zero-order valence-corrected chi connectivity index (χ0v) is 7.84. The summed E-state index contributed by atoms with van der Waals surface area (Å²) < 4.78 is 5.00. The van der Waals surface area contributed by atoms with Crippen molar-refractivity contribution in [2.45, 2.75) is 0 Å². The van der Waals surface area contributed by atoms with E-state index in [1.54, 1.807) is 13.2 Å². The van der Waals surface area contributed by atoms with Gasteiger partial charge in [-0.1, -0.05) is 23.4 Å². The predicted octanol–water partition coefficient (Wildman–Crippen LogP) is 1.45. The van der Waals surface area contributed by atoms with E-state index in [1.165, 1.54) is 6.08 Å². The monoisotopic (exact) mass is 192 g/mol. The molecule has 0 spiro atoms. The van der Waals surface area contributed by atoms with Crippen molar-refractivity contribution >= 4 is 11.9 Å². The lowest BCUT2D eigenvalue weighted by Crippen LogP contribution is -2.06. The maximum Gasteiger partial charge on any atom is 0.162 e. The summed E-state index contributed by atoms with van der Waals surface area (Å²) in [5.41, 5.74) is 6.22. The number of amidine groups is 1. The lowest BCUT2D eigenvalue weighted by Gasteiger charge is -1.98. The minimum Gasteiger partial charge on any atom is -0.497 e. The van der Waals surface area contributed by atoms with Crippen molar-refractivity contribution < 1.29 is 9.94 Å². The molecule has 0 unspecified atom stereocenters. The molecule has 0 aliphatic carbocycles. The van der Waals surface area contributed by atoms with Crippen LogP contribution < -0.4 is 10.5 Å². The molecule has 1 rings (SSSR count). The first-order valence-corrected chi connectivity index (χ1v) is 4.06. The van der Waals surface area contributed by atoms with Crippen molar-refractivity contribution in [3.63, 3.8) is 0 Å². The molecule has 1 aromatic rings. The molecule has 3 N–H and O–H groups in total. The van der Waals surface area contributed by atoms with Crippen LogP contribution in [0.3, 0.4) is 0 Å². The summed E-state index contributed by atoms with van der Waals surface area (Å²) in [5, 5.41) is 11.1. The molecule has 0 aromatic heterocycles. The van der Waals surface area contributed by atoms with E-state index < -0.39 is 0 Å². The Morgan fingerprint density at radius 3 is 2.57 bits per heavy atom. The Bertz CT molecular complexity index is 342. The first-order chi connectivity index (χ1) is 6.76. The number of hydrogen-bond donors (Lipinski definition) is 2. The molecule has 0 saturated carbocycles. The average molecular weight is 192 g/mol. The lowest BCUT2D eigenvalue weighted by molar-refractivity contribution is 0.319. The van der Waals surface area contributed by atoms with Crippen molar-refractivity contribution in [1.82, 2.24) is 0 Å². The number of hydrogen-bond acceptors (Lipinski definition) is 3. The van der Waals surface area contributed by atoms with E-state index >= 15 is 0 Å². The van der Waals surface area contributed by atoms with Gasteiger partial charge in [-0.2, -0.15) is 0 Å². The van der Waals surface area contributed by atoms with Gasteiger partial charge in [-0.05, 0) is 23.8 Å². The zero-order valence-electron chi connectivity index (χ0n) is 7.84. The van der Waals surface area contributed by atoms with Crippen LogP contribution in [0.2, 0.25) is 0 Å². The molecule has 0 heterocycles. The second-order valence-electron chi connectivity index (χ2n) is 2.63. The topological polar surface area (TPSA) is 67.8 Å². The van der Waals surface area contributed by atoms with Gasteiger partial charge in [0.15, 0.2) is 5.84 Å². The molecule has 4 nitrogen and oxygen atoms in total. The van der Waals surface area contributed by atoms with Gasteiger partial charge in [0.1, 0.15) is 5.75 Å². The molecular weight excluding hydrogens is 180 g/mol. The fourth-order valence-corrected chi connectivity index (χ4v) is 0.930. The molecule has 4 heteroatoms. The molecule has 1 aromatic carbocycles. The highest BCUT2D eigenvalue weighted by Crippen LogP contribution is 2.11. The Morgan fingerprint density at radius 1 is 1.43 bits per heavy atom. The van der Waals surface area contributed by atoms with Gasteiger partial charge in [-0.3, -0.25) is 0 Å². The number of rotatable bonds is 3. The fraction of sp³-hybridized carbons (Fsp3) is 0.100. The van der Waals surface area contributed by atoms with E-state index in [4.69, 9.17) is 15.7 Å². The van der Waals surface area contributed by atoms with E-state index in [2.05, 4.69) is 5.16 Å². The van der Waals surface area contributed by atoms with E-state index in [1.807, 2.05) is 24.3 Å². The van der Waals surface area contributed by atoms with Gasteiger partial charge in [0, 0.05) is 0 Å². The molecule has 0 amide bonds. The number of ether oxygens (including phenoxy) is 1. The third kappa shape index (κ3) is 2.82. The highest BCUT2D eigenvalue weighted by atomic mass is 16.5. The van der Waals surface area contributed by atoms with Crippen molar-refractivity contribution in [3.8, 4) is 5.75 Å². The molecule has 0 aliphatic heterocycles. The summed E-state index contributed by atoms with van der Waals surface area (Å²) in [6.07, 6.45) is 3.26. The van der Waals surface area contributed by atoms with Gasteiger partial charge >= 0.3 is 0 Å². The van der Waals surface area contributed by atoms with E-state index in [-0.39, 0.29) is 5.84 Å². The number of methoxy groups -OCH3 is 1. The van der Waals surface area contributed by atoms with Gasteiger partial charge in [-0.25, -0.2) is 0 Å². The SMILES string of the molecule is COc1ccc(/C=C/C(N)=N/O)cc1. The van der Waals surface area contributed by atoms with Gasteiger partial charge < -0.3 is 15.7 Å². The Morgan fingerprint density at radius 2 is 2.07 bits per heavy atom. The largest absolute Gasteiger partial charge is 0.497 e. The third-order valence-corrected chi connectivity index (χ3v) is 1.68. The van der Waals surface area contributed by atoms with Crippen LogP contribution in [0.15, 0.2) is 35.5 Å². The van der Waals surface area contributed by atoms with Crippen LogP contribution in [0.5, 0.6) is 5.75 Å². The molecule has 14 heavy (non-hydrogen) atoms. The average Bonchev–Trinajstić information content (AvgIpc) is 2.26. The van der Waals surface area contributed by atoms with Crippen LogP contribution in [0.25, 0.3) is 6.08 Å². The van der Waals surface area contributed by atoms with Gasteiger partial charge in [0.25, 0.3) is 0 Å². The molecule has 0 aliphatic rings. The first kappa shape index (κ1) is 10.1. The summed E-state index contributed by atoms with van der Waals surface area (Å²) in [7, 11) is 1.61. The lowest BCUT2D eigenvalue weighted by atomic mass is 10.2. The number of benzene rings is 1. The molecule has 0 fully saturated rings. The zero-order chi connectivity index (χ0) is 10.4. The first-order valence-electron chi connectivity index (χ1n) is 4.06. The normalized spacial score (nSPS) is 11.9. The highest BCUT2D eigenvalue weighted by Gasteiger charge is 1.90. The highest BCUT2D eigenvalue weighted by molar-refractivity contribution is 5.94. The minimum atomic E-state index is 0.0702. The Kier molecular flexibility index (Phi) is 3.55. The number of nitrogens with zero attached hydrogens (tertiary/aromatic N) is 1. The summed E-state index contributed by atoms with van der Waals surface area (Å²) in [5.74, 6) is 0.867. The standard InChI is InChI=1S/C10H12N2O2/c1-14-9-5-2-8(3-6-9)4-7-10(11)12-13/h2-7,13H,1H3,(H2,11,12)/b7-4+. The van der Waals surface area contributed by atoms with Crippen LogP contribution in [0, 0.1) is 0 Å². The fourth-order valence-electron chi connectivity index (χ4n) is 0.930. The number of nitrogens with two attached hydrogens (primary N) is 1. The minimum absolute atomic E-state index is 0.0702.